The van der Waals surface area contributed by atoms with Crippen molar-refractivity contribution in [2.24, 2.45) is 0 Å². The minimum Gasteiger partial charge on any atom is -0.497 e. The van der Waals surface area contributed by atoms with E-state index in [4.69, 9.17) is 4.74 Å². The fourth-order valence-corrected chi connectivity index (χ4v) is 2.58. The van der Waals surface area contributed by atoms with Crippen LogP contribution in [0.1, 0.15) is 15.9 Å². The lowest BCUT2D eigenvalue weighted by molar-refractivity contribution is 0.104. The number of ketones is 1. The second kappa shape index (κ2) is 6.80. The van der Waals surface area contributed by atoms with Crippen LogP contribution < -0.4 is 4.74 Å². The van der Waals surface area contributed by atoms with Crippen molar-refractivity contribution in [1.29, 1.82) is 5.26 Å². The molecule has 3 aromatic rings. The number of Topliss-reactive ketones (excluding diaryl/α,β-unsaturated/α-hetero) is 1. The molecule has 0 aromatic heterocycles. The van der Waals surface area contributed by atoms with E-state index in [-0.39, 0.29) is 11.4 Å². The summed E-state index contributed by atoms with van der Waals surface area (Å²) >= 11 is 0. The Morgan fingerprint density at radius 3 is 2.42 bits per heavy atom. The van der Waals surface area contributed by atoms with Crippen LogP contribution in [0, 0.1) is 11.3 Å². The van der Waals surface area contributed by atoms with Crippen LogP contribution in [0.25, 0.3) is 16.8 Å². The monoisotopic (exact) mass is 313 g/mol. The van der Waals surface area contributed by atoms with Crippen molar-refractivity contribution in [3.05, 3.63) is 83.4 Å². The number of fused-ring (bicyclic) bond motifs is 1. The van der Waals surface area contributed by atoms with Crippen LogP contribution in [0.5, 0.6) is 5.75 Å². The van der Waals surface area contributed by atoms with E-state index in [0.29, 0.717) is 11.3 Å². The molecule has 24 heavy (non-hydrogen) atoms. The maximum absolute atomic E-state index is 12.6. The van der Waals surface area contributed by atoms with E-state index < -0.39 is 0 Å². The van der Waals surface area contributed by atoms with Gasteiger partial charge in [0.1, 0.15) is 17.4 Å². The number of carbonyl (C=O) groups is 1. The molecule has 0 heterocycles. The summed E-state index contributed by atoms with van der Waals surface area (Å²) in [6.07, 6.45) is 1.65. The van der Waals surface area contributed by atoms with Gasteiger partial charge in [0.25, 0.3) is 0 Å². The molecule has 0 atom stereocenters. The fourth-order valence-electron chi connectivity index (χ4n) is 2.58. The Morgan fingerprint density at radius 1 is 1.00 bits per heavy atom. The Kier molecular flexibility index (Phi) is 4.40. The van der Waals surface area contributed by atoms with Crippen molar-refractivity contribution in [2.45, 2.75) is 0 Å². The molecular formula is C21H15NO2. The molecule has 0 saturated heterocycles. The standard InChI is InChI=1S/C21H15NO2/c1-24-19-11-9-16(10-12-19)21(23)18(14-22)13-17-7-4-6-15-5-2-3-8-20(15)17/h2-13H,1H3. The minimum absolute atomic E-state index is 0.108. The Labute approximate surface area is 140 Å². The predicted molar refractivity (Wildman–Crippen MR) is 94.9 cm³/mol. The Balaban J connectivity index is 2.02. The van der Waals surface area contributed by atoms with Crippen LogP contribution in [0.4, 0.5) is 0 Å². The summed E-state index contributed by atoms with van der Waals surface area (Å²) in [6, 6.07) is 22.5. The molecule has 116 valence electrons. The van der Waals surface area contributed by atoms with E-state index in [1.807, 2.05) is 48.5 Å². The first-order valence-electron chi connectivity index (χ1n) is 7.51. The summed E-state index contributed by atoms with van der Waals surface area (Å²) in [6.45, 7) is 0. The predicted octanol–water partition coefficient (Wildman–Crippen LogP) is 4.64. The molecule has 0 N–H and O–H groups in total. The lowest BCUT2D eigenvalue weighted by atomic mass is 9.99. The first-order chi connectivity index (χ1) is 11.7. The lowest BCUT2D eigenvalue weighted by Gasteiger charge is -2.04. The molecular weight excluding hydrogens is 298 g/mol. The highest BCUT2D eigenvalue weighted by atomic mass is 16.5. The van der Waals surface area contributed by atoms with Crippen LogP contribution >= 0.6 is 0 Å². The minimum atomic E-state index is -0.298. The molecule has 0 bridgehead atoms. The van der Waals surface area contributed by atoms with Crippen molar-refractivity contribution < 1.29 is 9.53 Å². The van der Waals surface area contributed by atoms with Crippen LogP contribution in [0.3, 0.4) is 0 Å². The molecule has 3 heteroatoms. The summed E-state index contributed by atoms with van der Waals surface area (Å²) in [5, 5.41) is 11.5. The van der Waals surface area contributed by atoms with E-state index in [2.05, 4.69) is 0 Å². The molecule has 3 aromatic carbocycles. The third kappa shape index (κ3) is 3.04. The molecule has 0 amide bonds. The van der Waals surface area contributed by atoms with Gasteiger partial charge >= 0.3 is 0 Å². The molecule has 0 aliphatic carbocycles. The van der Waals surface area contributed by atoms with Crippen LogP contribution in [0.15, 0.2) is 72.3 Å². The summed E-state index contributed by atoms with van der Waals surface area (Å²) in [5.41, 5.74) is 1.42. The zero-order chi connectivity index (χ0) is 16.9. The number of carbonyl (C=O) groups excluding carboxylic acids is 1. The van der Waals surface area contributed by atoms with Gasteiger partial charge in [-0.2, -0.15) is 5.26 Å². The van der Waals surface area contributed by atoms with Crippen LogP contribution in [-0.4, -0.2) is 12.9 Å². The molecule has 0 fully saturated rings. The average Bonchev–Trinajstić information content (AvgIpc) is 2.65. The smallest absolute Gasteiger partial charge is 0.203 e. The highest BCUT2D eigenvalue weighted by molar-refractivity contribution is 6.14. The first kappa shape index (κ1) is 15.5. The maximum Gasteiger partial charge on any atom is 0.203 e. The summed E-state index contributed by atoms with van der Waals surface area (Å²) in [5.74, 6) is 0.371. The first-order valence-corrected chi connectivity index (χ1v) is 7.51. The third-order valence-corrected chi connectivity index (χ3v) is 3.84. The molecule has 0 spiro atoms. The van der Waals surface area contributed by atoms with E-state index in [1.165, 1.54) is 0 Å². The van der Waals surface area contributed by atoms with Crippen molar-refractivity contribution in [2.75, 3.05) is 7.11 Å². The number of hydrogen-bond donors (Lipinski definition) is 0. The summed E-state index contributed by atoms with van der Waals surface area (Å²) in [7, 11) is 1.57. The SMILES string of the molecule is COc1ccc(C(=O)C(C#N)=Cc2cccc3ccccc23)cc1. The number of nitriles is 1. The molecule has 0 radical (unpaired) electrons. The zero-order valence-corrected chi connectivity index (χ0v) is 13.2. The second-order valence-electron chi connectivity index (χ2n) is 5.30. The van der Waals surface area contributed by atoms with Gasteiger partial charge in [0.15, 0.2) is 0 Å². The number of benzene rings is 3. The van der Waals surface area contributed by atoms with E-state index >= 15 is 0 Å². The summed E-state index contributed by atoms with van der Waals surface area (Å²) < 4.78 is 5.09. The Morgan fingerprint density at radius 2 is 1.71 bits per heavy atom. The quantitative estimate of drug-likeness (QED) is 0.400. The van der Waals surface area contributed by atoms with Gasteiger partial charge in [0.05, 0.1) is 7.11 Å². The summed E-state index contributed by atoms with van der Waals surface area (Å²) in [4.78, 5) is 12.6. The lowest BCUT2D eigenvalue weighted by Crippen LogP contribution is -2.02. The van der Waals surface area contributed by atoms with Gasteiger partial charge in [0, 0.05) is 5.56 Å². The molecule has 3 rings (SSSR count). The molecule has 0 aliphatic rings. The Hall–Kier alpha value is -3.38. The highest BCUT2D eigenvalue weighted by Gasteiger charge is 2.13. The maximum atomic E-state index is 12.6. The number of methoxy groups -OCH3 is 1. The number of rotatable bonds is 4. The van der Waals surface area contributed by atoms with Gasteiger partial charge in [-0.25, -0.2) is 0 Å². The normalized spacial score (nSPS) is 11.1. The van der Waals surface area contributed by atoms with Gasteiger partial charge in [-0.3, -0.25) is 4.79 Å². The largest absolute Gasteiger partial charge is 0.497 e. The molecule has 0 unspecified atom stereocenters. The topological polar surface area (TPSA) is 50.1 Å². The van der Waals surface area contributed by atoms with E-state index in [9.17, 15) is 10.1 Å². The van der Waals surface area contributed by atoms with E-state index in [0.717, 1.165) is 16.3 Å². The van der Waals surface area contributed by atoms with Gasteiger partial charge in [-0.05, 0) is 46.7 Å². The second-order valence-corrected chi connectivity index (χ2v) is 5.30. The number of ether oxygens (including phenoxy) is 1. The third-order valence-electron chi connectivity index (χ3n) is 3.84. The molecule has 0 saturated carbocycles. The molecule has 3 nitrogen and oxygen atoms in total. The fraction of sp³-hybridized carbons (Fsp3) is 0.0476. The molecule has 0 aliphatic heterocycles. The van der Waals surface area contributed by atoms with Gasteiger partial charge in [-0.15, -0.1) is 0 Å². The van der Waals surface area contributed by atoms with E-state index in [1.54, 1.807) is 37.5 Å². The van der Waals surface area contributed by atoms with Gasteiger partial charge in [0.2, 0.25) is 5.78 Å². The van der Waals surface area contributed by atoms with Crippen LogP contribution in [-0.2, 0) is 0 Å². The number of hydrogen-bond acceptors (Lipinski definition) is 3. The number of nitrogens with zero attached hydrogens (tertiary/aromatic N) is 1. The van der Waals surface area contributed by atoms with Crippen molar-refractivity contribution in [1.82, 2.24) is 0 Å². The van der Waals surface area contributed by atoms with Gasteiger partial charge in [-0.1, -0.05) is 42.5 Å². The zero-order valence-electron chi connectivity index (χ0n) is 13.2. The average molecular weight is 313 g/mol. The van der Waals surface area contributed by atoms with Crippen LogP contribution in [0.2, 0.25) is 0 Å². The van der Waals surface area contributed by atoms with Gasteiger partial charge < -0.3 is 4.74 Å². The van der Waals surface area contributed by atoms with Crippen molar-refractivity contribution >= 4 is 22.6 Å². The van der Waals surface area contributed by atoms with Crippen molar-refractivity contribution in [3.8, 4) is 11.8 Å². The Bertz CT molecular complexity index is 958. The highest BCUT2D eigenvalue weighted by Crippen LogP contribution is 2.22. The van der Waals surface area contributed by atoms with Crippen molar-refractivity contribution in [3.63, 3.8) is 0 Å². The number of allylic oxidation sites excluding steroid dienone is 1.